The Morgan fingerprint density at radius 1 is 1.02 bits per heavy atom. The van der Waals surface area contributed by atoms with Gasteiger partial charge in [-0.05, 0) is 108 Å². The van der Waals surface area contributed by atoms with Crippen LogP contribution in [0.15, 0.2) is 54.3 Å². The molecule has 290 valence electrons. The predicted octanol–water partition coefficient (Wildman–Crippen LogP) is 5.25. The number of aryl methyl sites for hydroxylation is 1. The summed E-state index contributed by atoms with van der Waals surface area (Å²) < 4.78 is 12.7. The Morgan fingerprint density at radius 3 is 2.30 bits per heavy atom. The number of esters is 2. The van der Waals surface area contributed by atoms with Crippen LogP contribution >= 0.6 is 0 Å². The van der Waals surface area contributed by atoms with Crippen LogP contribution in [-0.2, 0) is 28.7 Å². The van der Waals surface area contributed by atoms with Crippen molar-refractivity contribution in [3.63, 3.8) is 0 Å². The van der Waals surface area contributed by atoms with Crippen molar-refractivity contribution in [2.75, 3.05) is 0 Å². The lowest BCUT2D eigenvalue weighted by Crippen LogP contribution is -2.65. The fourth-order valence-electron chi connectivity index (χ4n) is 10.8. The number of fused-ring (bicyclic) bond motifs is 5. The van der Waals surface area contributed by atoms with E-state index in [2.05, 4.69) is 10.3 Å². The molecule has 1 heterocycles. The first kappa shape index (κ1) is 39.4. The zero-order valence-electron chi connectivity index (χ0n) is 32.9. The summed E-state index contributed by atoms with van der Waals surface area (Å²) >= 11 is 0. The SMILES string of the molecule is CC(=O)OC(C)(C)/C=C/C(=O)[C@](C)(O)[C@H]1[C@H](O)C[C@@]2(C)[C@@H]3CC=C4[C@@H](C[C@H](OC(=O)c5cn(-c6ccc(C)cc6)nn5)C(=O)C4(C)C)[C@]3(C)C(=O)C[C@]12C. The molecule has 54 heavy (non-hydrogen) atoms. The molecule has 12 heteroatoms. The van der Waals surface area contributed by atoms with Gasteiger partial charge in [0, 0.05) is 30.1 Å². The first-order chi connectivity index (χ1) is 24.9. The highest BCUT2D eigenvalue weighted by atomic mass is 16.6. The maximum absolute atomic E-state index is 14.9. The third-order valence-electron chi connectivity index (χ3n) is 13.8. The number of Topliss-reactive ketones (excluding diaryl/α,β-unsaturated/α-hetero) is 2. The van der Waals surface area contributed by atoms with Crippen molar-refractivity contribution in [3.05, 3.63) is 65.5 Å². The Hall–Kier alpha value is -4.29. The van der Waals surface area contributed by atoms with Gasteiger partial charge in [0.1, 0.15) is 17.0 Å². The minimum absolute atomic E-state index is 0.0188. The van der Waals surface area contributed by atoms with Gasteiger partial charge >= 0.3 is 11.9 Å². The molecule has 0 radical (unpaired) electrons. The molecule has 0 unspecified atom stereocenters. The van der Waals surface area contributed by atoms with Crippen LogP contribution in [0.4, 0.5) is 0 Å². The number of allylic oxidation sites excluding steroid dienone is 2. The number of aromatic nitrogens is 3. The minimum Gasteiger partial charge on any atom is -0.456 e. The summed E-state index contributed by atoms with van der Waals surface area (Å²) in [6.07, 6.45) is 4.62. The highest BCUT2D eigenvalue weighted by Gasteiger charge is 2.74. The van der Waals surface area contributed by atoms with E-state index in [1.54, 1.807) is 27.7 Å². The molecule has 4 aliphatic rings. The molecule has 2 N–H and O–H groups in total. The summed E-state index contributed by atoms with van der Waals surface area (Å²) in [6.45, 7) is 17.3. The van der Waals surface area contributed by atoms with E-state index < -0.39 is 74.6 Å². The number of ether oxygens (including phenoxy) is 2. The number of carbonyl (C=O) groups excluding carboxylic acids is 5. The number of rotatable bonds is 8. The van der Waals surface area contributed by atoms with Crippen LogP contribution in [0.5, 0.6) is 0 Å². The fourth-order valence-corrected chi connectivity index (χ4v) is 10.8. The summed E-state index contributed by atoms with van der Waals surface area (Å²) in [5.41, 5.74) is -4.37. The lowest BCUT2D eigenvalue weighted by atomic mass is 9.38. The van der Waals surface area contributed by atoms with Gasteiger partial charge in [0.2, 0.25) is 0 Å². The van der Waals surface area contributed by atoms with Crippen LogP contribution in [0.3, 0.4) is 0 Å². The Morgan fingerprint density at radius 2 is 1.67 bits per heavy atom. The van der Waals surface area contributed by atoms with E-state index in [-0.39, 0.29) is 42.4 Å². The molecule has 0 aliphatic heterocycles. The van der Waals surface area contributed by atoms with Crippen LogP contribution in [0, 0.1) is 46.3 Å². The molecule has 9 atom stereocenters. The molecule has 1 aromatic carbocycles. The van der Waals surface area contributed by atoms with Crippen molar-refractivity contribution in [2.45, 2.75) is 118 Å². The van der Waals surface area contributed by atoms with E-state index in [9.17, 15) is 34.2 Å². The third-order valence-corrected chi connectivity index (χ3v) is 13.8. The predicted molar refractivity (Wildman–Crippen MR) is 197 cm³/mol. The van der Waals surface area contributed by atoms with E-state index in [0.717, 1.165) is 11.1 Å². The zero-order valence-corrected chi connectivity index (χ0v) is 32.9. The maximum atomic E-state index is 14.9. The molecule has 1 aromatic heterocycles. The van der Waals surface area contributed by atoms with Crippen molar-refractivity contribution in [1.29, 1.82) is 0 Å². The highest BCUT2D eigenvalue weighted by Crippen LogP contribution is 2.74. The first-order valence-electron chi connectivity index (χ1n) is 18.7. The maximum Gasteiger partial charge on any atom is 0.361 e. The van der Waals surface area contributed by atoms with Crippen molar-refractivity contribution >= 4 is 29.3 Å². The average Bonchev–Trinajstić information content (AvgIpc) is 3.63. The summed E-state index contributed by atoms with van der Waals surface area (Å²) in [5.74, 6) is -4.11. The summed E-state index contributed by atoms with van der Waals surface area (Å²) in [6, 6.07) is 7.53. The Kier molecular flexibility index (Phi) is 9.41. The van der Waals surface area contributed by atoms with Crippen molar-refractivity contribution in [1.82, 2.24) is 15.0 Å². The van der Waals surface area contributed by atoms with Crippen LogP contribution in [0.2, 0.25) is 0 Å². The van der Waals surface area contributed by atoms with Crippen LogP contribution in [0.1, 0.15) is 104 Å². The second-order valence-electron chi connectivity index (χ2n) is 18.0. The second-order valence-corrected chi connectivity index (χ2v) is 18.0. The summed E-state index contributed by atoms with van der Waals surface area (Å²) in [5, 5.41) is 31.9. The minimum atomic E-state index is -2.06. The molecule has 12 nitrogen and oxygen atoms in total. The van der Waals surface area contributed by atoms with Crippen LogP contribution in [-0.4, -0.2) is 77.9 Å². The third kappa shape index (κ3) is 6.00. The van der Waals surface area contributed by atoms with E-state index >= 15 is 0 Å². The van der Waals surface area contributed by atoms with Crippen molar-refractivity contribution in [3.8, 4) is 5.69 Å². The average molecular weight is 744 g/mol. The molecule has 3 fully saturated rings. The molecule has 6 rings (SSSR count). The Balaban J connectivity index is 1.29. The number of hydrogen-bond acceptors (Lipinski definition) is 11. The van der Waals surface area contributed by atoms with Gasteiger partial charge in [0.25, 0.3) is 0 Å². The number of aliphatic hydroxyl groups excluding tert-OH is 1. The van der Waals surface area contributed by atoms with Crippen molar-refractivity contribution in [2.24, 2.45) is 39.4 Å². The van der Waals surface area contributed by atoms with Gasteiger partial charge in [-0.15, -0.1) is 5.10 Å². The lowest BCUT2D eigenvalue weighted by molar-refractivity contribution is -0.183. The smallest absolute Gasteiger partial charge is 0.361 e. The molecule has 0 spiro atoms. The van der Waals surface area contributed by atoms with Gasteiger partial charge in [-0.3, -0.25) is 19.2 Å². The largest absolute Gasteiger partial charge is 0.456 e. The Bertz CT molecular complexity index is 1970. The Labute approximate surface area is 316 Å². The standard InChI is InChI=1S/C42H53N3O9/c1-23-11-13-25(14-12-23)45-22-28(43-44-45)36(51)53-30-19-27-26(38(5,6)35(30)50)15-16-31-39(7)20-29(47)34(40(39,8)21-33(49)41(27,31)9)42(10,52)32(48)17-18-37(3,4)54-24(2)46/h11-15,17-18,22,27,29-31,34,47,52H,16,19-21H2,1-10H3/b18-17+/t27-,29-,30+,31+,34+,39+,40-,41+,42+/m1/s1. The van der Waals surface area contributed by atoms with Gasteiger partial charge in [-0.2, -0.15) is 0 Å². The summed E-state index contributed by atoms with van der Waals surface area (Å²) in [4.78, 5) is 67.7. The number of ketones is 3. The quantitative estimate of drug-likeness (QED) is 0.205. The monoisotopic (exact) mass is 743 g/mol. The highest BCUT2D eigenvalue weighted by molar-refractivity contribution is 5.98. The van der Waals surface area contributed by atoms with Gasteiger partial charge in [-0.1, -0.05) is 55.3 Å². The van der Waals surface area contributed by atoms with E-state index in [1.165, 1.54) is 36.9 Å². The summed E-state index contributed by atoms with van der Waals surface area (Å²) in [7, 11) is 0. The normalized spacial score (nSPS) is 34.3. The molecule has 2 aromatic rings. The van der Waals surface area contributed by atoms with Crippen LogP contribution in [0.25, 0.3) is 5.69 Å². The van der Waals surface area contributed by atoms with Gasteiger partial charge in [0.05, 0.1) is 18.0 Å². The topological polar surface area (TPSA) is 175 Å². The van der Waals surface area contributed by atoms with E-state index in [1.807, 2.05) is 58.0 Å². The molecule has 4 aliphatic carbocycles. The number of hydrogen-bond donors (Lipinski definition) is 2. The van der Waals surface area contributed by atoms with Crippen molar-refractivity contribution < 1.29 is 43.7 Å². The fraction of sp³-hybridized carbons (Fsp3) is 0.595. The van der Waals surface area contributed by atoms with E-state index in [0.29, 0.717) is 12.1 Å². The number of aliphatic hydroxyl groups is 2. The molecule has 0 bridgehead atoms. The molecule has 3 saturated carbocycles. The van der Waals surface area contributed by atoms with E-state index in [4.69, 9.17) is 9.47 Å². The first-order valence-corrected chi connectivity index (χ1v) is 18.7. The molecule has 0 amide bonds. The molecular formula is C42H53N3O9. The number of carbonyl (C=O) groups is 5. The molecular weight excluding hydrogens is 690 g/mol. The number of nitrogens with zero attached hydrogens (tertiary/aromatic N) is 3. The van der Waals surface area contributed by atoms with Gasteiger partial charge in [0.15, 0.2) is 23.4 Å². The molecule has 0 saturated heterocycles. The van der Waals surface area contributed by atoms with Crippen LogP contribution < -0.4 is 0 Å². The second kappa shape index (κ2) is 12.9. The lowest BCUT2D eigenvalue weighted by Gasteiger charge is -2.64. The number of benzene rings is 1. The zero-order chi connectivity index (χ0) is 40.0. The van der Waals surface area contributed by atoms with Gasteiger partial charge in [-0.25, -0.2) is 9.48 Å². The van der Waals surface area contributed by atoms with Gasteiger partial charge < -0.3 is 19.7 Å².